The van der Waals surface area contributed by atoms with Crippen LogP contribution in [0.2, 0.25) is 0 Å². The molecule has 0 radical (unpaired) electrons. The Bertz CT molecular complexity index is 555. The van der Waals surface area contributed by atoms with Crippen molar-refractivity contribution in [3.05, 3.63) is 65.5 Å². The normalized spacial score (nSPS) is 14.0. The van der Waals surface area contributed by atoms with Crippen molar-refractivity contribution in [3.63, 3.8) is 0 Å². The van der Waals surface area contributed by atoms with Crippen molar-refractivity contribution in [2.24, 2.45) is 0 Å². The van der Waals surface area contributed by atoms with Crippen LogP contribution < -0.4 is 5.32 Å². The summed E-state index contributed by atoms with van der Waals surface area (Å²) in [6.45, 7) is 4.00. The molecule has 1 heterocycles. The highest BCUT2D eigenvalue weighted by molar-refractivity contribution is 5.20. The van der Waals surface area contributed by atoms with Crippen LogP contribution in [0, 0.1) is 11.6 Å². The maximum Gasteiger partial charge on any atom is 0.141 e. The summed E-state index contributed by atoms with van der Waals surface area (Å²) < 4.78 is 26.1. The number of hydrogen-bond acceptors (Lipinski definition) is 2. The highest BCUT2D eigenvalue weighted by Gasteiger charge is 2.15. The van der Waals surface area contributed by atoms with Crippen molar-refractivity contribution in [3.8, 4) is 0 Å². The van der Waals surface area contributed by atoms with Crippen molar-refractivity contribution in [1.29, 1.82) is 0 Å². The van der Waals surface area contributed by atoms with Crippen LogP contribution in [0.4, 0.5) is 8.78 Å². The minimum atomic E-state index is -0.346. The van der Waals surface area contributed by atoms with E-state index in [0.717, 1.165) is 17.7 Å². The first-order chi connectivity index (χ1) is 9.60. The first kappa shape index (κ1) is 14.6. The van der Waals surface area contributed by atoms with Gasteiger partial charge in [-0.1, -0.05) is 19.1 Å². The first-order valence-corrected chi connectivity index (χ1v) is 6.73. The number of nitrogens with one attached hydrogen (secondary N) is 1. The van der Waals surface area contributed by atoms with Gasteiger partial charge in [0, 0.05) is 12.1 Å². The topological polar surface area (TPSA) is 24.9 Å². The fourth-order valence-corrected chi connectivity index (χ4v) is 2.18. The second-order valence-corrected chi connectivity index (χ2v) is 4.81. The van der Waals surface area contributed by atoms with Gasteiger partial charge < -0.3 is 5.32 Å². The summed E-state index contributed by atoms with van der Waals surface area (Å²) in [5.74, 6) is -0.592. The summed E-state index contributed by atoms with van der Waals surface area (Å²) in [6.07, 6.45) is 2.03. The smallest absolute Gasteiger partial charge is 0.141 e. The lowest BCUT2D eigenvalue weighted by atomic mass is 10.0. The standard InChI is InChI=1S/C16H18F2N2/c1-3-15(16-8-7-14(18)10-19-16)20-11(2)12-5-4-6-13(17)9-12/h4-11,15,20H,3H2,1-2H3. The van der Waals surface area contributed by atoms with Crippen LogP contribution in [0.1, 0.15) is 43.6 Å². The van der Waals surface area contributed by atoms with Gasteiger partial charge in [-0.05, 0) is 43.2 Å². The average molecular weight is 276 g/mol. The number of aromatic nitrogens is 1. The van der Waals surface area contributed by atoms with E-state index < -0.39 is 0 Å². The van der Waals surface area contributed by atoms with Crippen molar-refractivity contribution in [2.75, 3.05) is 0 Å². The molecule has 0 amide bonds. The average Bonchev–Trinajstić information content (AvgIpc) is 2.45. The molecule has 4 heteroatoms. The Morgan fingerprint density at radius 1 is 1.15 bits per heavy atom. The third-order valence-corrected chi connectivity index (χ3v) is 3.32. The SMILES string of the molecule is CCC(NC(C)c1cccc(F)c1)c1ccc(F)cn1. The first-order valence-electron chi connectivity index (χ1n) is 6.73. The molecule has 1 N–H and O–H groups in total. The van der Waals surface area contributed by atoms with Crippen LogP contribution in [-0.2, 0) is 0 Å². The molecular formula is C16H18F2N2. The molecule has 0 spiro atoms. The van der Waals surface area contributed by atoms with E-state index in [-0.39, 0.29) is 23.7 Å². The lowest BCUT2D eigenvalue weighted by Gasteiger charge is -2.22. The van der Waals surface area contributed by atoms with Gasteiger partial charge in [0.15, 0.2) is 0 Å². The number of benzene rings is 1. The van der Waals surface area contributed by atoms with Gasteiger partial charge >= 0.3 is 0 Å². The molecule has 2 aromatic rings. The van der Waals surface area contributed by atoms with E-state index in [1.165, 1.54) is 24.4 Å². The Balaban J connectivity index is 2.11. The molecule has 106 valence electrons. The molecule has 0 bridgehead atoms. The van der Waals surface area contributed by atoms with E-state index in [1.807, 2.05) is 19.9 Å². The number of halogens is 2. The predicted molar refractivity (Wildman–Crippen MR) is 75.2 cm³/mol. The van der Waals surface area contributed by atoms with Crippen LogP contribution in [0.3, 0.4) is 0 Å². The maximum atomic E-state index is 13.2. The van der Waals surface area contributed by atoms with E-state index >= 15 is 0 Å². The third-order valence-electron chi connectivity index (χ3n) is 3.32. The molecule has 20 heavy (non-hydrogen) atoms. The Morgan fingerprint density at radius 3 is 2.55 bits per heavy atom. The zero-order valence-corrected chi connectivity index (χ0v) is 11.6. The minimum Gasteiger partial charge on any atom is -0.302 e. The molecule has 2 rings (SSSR count). The number of nitrogens with zero attached hydrogens (tertiary/aromatic N) is 1. The van der Waals surface area contributed by atoms with Gasteiger partial charge in [0.1, 0.15) is 11.6 Å². The van der Waals surface area contributed by atoms with Gasteiger partial charge in [-0.15, -0.1) is 0 Å². The number of hydrogen-bond donors (Lipinski definition) is 1. The summed E-state index contributed by atoms with van der Waals surface area (Å²) >= 11 is 0. The highest BCUT2D eigenvalue weighted by Crippen LogP contribution is 2.21. The van der Waals surface area contributed by atoms with Gasteiger partial charge in [0.2, 0.25) is 0 Å². The second-order valence-electron chi connectivity index (χ2n) is 4.81. The van der Waals surface area contributed by atoms with E-state index in [1.54, 1.807) is 12.1 Å². The lowest BCUT2D eigenvalue weighted by molar-refractivity contribution is 0.445. The van der Waals surface area contributed by atoms with Gasteiger partial charge in [-0.3, -0.25) is 4.98 Å². The van der Waals surface area contributed by atoms with Crippen molar-refractivity contribution < 1.29 is 8.78 Å². The second kappa shape index (κ2) is 6.57. The molecule has 0 saturated heterocycles. The molecule has 1 aromatic carbocycles. The summed E-state index contributed by atoms with van der Waals surface area (Å²) in [6, 6.07) is 9.59. The van der Waals surface area contributed by atoms with Crippen molar-refractivity contribution >= 4 is 0 Å². The summed E-state index contributed by atoms with van der Waals surface area (Å²) in [7, 11) is 0. The van der Waals surface area contributed by atoms with E-state index in [4.69, 9.17) is 0 Å². The molecule has 1 aromatic heterocycles. The predicted octanol–water partition coefficient (Wildman–Crippen LogP) is 4.16. The van der Waals surface area contributed by atoms with Crippen LogP contribution in [0.5, 0.6) is 0 Å². The molecule has 2 atom stereocenters. The van der Waals surface area contributed by atoms with Gasteiger partial charge in [0.25, 0.3) is 0 Å². The maximum absolute atomic E-state index is 13.2. The van der Waals surface area contributed by atoms with Gasteiger partial charge in [0.05, 0.1) is 11.9 Å². The molecule has 2 nitrogen and oxygen atoms in total. The van der Waals surface area contributed by atoms with Crippen LogP contribution in [0.25, 0.3) is 0 Å². The van der Waals surface area contributed by atoms with Crippen LogP contribution >= 0.6 is 0 Å². The van der Waals surface area contributed by atoms with Crippen LogP contribution in [0.15, 0.2) is 42.6 Å². The molecule has 0 aliphatic carbocycles. The van der Waals surface area contributed by atoms with E-state index in [0.29, 0.717) is 0 Å². The number of rotatable bonds is 5. The van der Waals surface area contributed by atoms with E-state index in [9.17, 15) is 8.78 Å². The largest absolute Gasteiger partial charge is 0.302 e. The Morgan fingerprint density at radius 2 is 1.95 bits per heavy atom. The van der Waals surface area contributed by atoms with Gasteiger partial charge in [-0.2, -0.15) is 0 Å². The molecule has 0 aliphatic rings. The third kappa shape index (κ3) is 3.61. The quantitative estimate of drug-likeness (QED) is 0.887. The number of pyridine rings is 1. The lowest BCUT2D eigenvalue weighted by Crippen LogP contribution is -2.25. The Hall–Kier alpha value is -1.81. The summed E-state index contributed by atoms with van der Waals surface area (Å²) in [5, 5.41) is 3.39. The van der Waals surface area contributed by atoms with Crippen LogP contribution in [-0.4, -0.2) is 4.98 Å². The van der Waals surface area contributed by atoms with Gasteiger partial charge in [-0.25, -0.2) is 8.78 Å². The Labute approximate surface area is 117 Å². The minimum absolute atomic E-state index is 0.00821. The molecule has 0 aliphatic heterocycles. The summed E-state index contributed by atoms with van der Waals surface area (Å²) in [4.78, 5) is 4.10. The Kier molecular flexibility index (Phi) is 4.79. The molecule has 0 saturated carbocycles. The molecular weight excluding hydrogens is 258 g/mol. The fraction of sp³-hybridized carbons (Fsp3) is 0.312. The fourth-order valence-electron chi connectivity index (χ4n) is 2.18. The highest BCUT2D eigenvalue weighted by atomic mass is 19.1. The van der Waals surface area contributed by atoms with E-state index in [2.05, 4.69) is 10.3 Å². The zero-order chi connectivity index (χ0) is 14.5. The van der Waals surface area contributed by atoms with Crippen molar-refractivity contribution in [1.82, 2.24) is 10.3 Å². The monoisotopic (exact) mass is 276 g/mol. The molecule has 0 fully saturated rings. The van der Waals surface area contributed by atoms with Crippen molar-refractivity contribution in [2.45, 2.75) is 32.4 Å². The molecule has 2 unspecified atom stereocenters. The summed E-state index contributed by atoms with van der Waals surface area (Å²) in [5.41, 5.74) is 1.67. The zero-order valence-electron chi connectivity index (χ0n) is 11.6.